The molecule has 1 aliphatic rings. The Kier molecular flexibility index (Phi) is 6.98. The molecular formula is C14H24N2O5. The van der Waals surface area contributed by atoms with E-state index in [2.05, 4.69) is 10.1 Å². The van der Waals surface area contributed by atoms with Gasteiger partial charge in [-0.2, -0.15) is 0 Å². The van der Waals surface area contributed by atoms with Crippen LogP contribution in [0, 0.1) is 5.92 Å². The molecule has 0 aromatic rings. The summed E-state index contributed by atoms with van der Waals surface area (Å²) in [5.41, 5.74) is 0. The smallest absolute Gasteiger partial charge is 0.326 e. The third-order valence-corrected chi connectivity index (χ3v) is 3.81. The number of aliphatic carboxylic acids is 1. The van der Waals surface area contributed by atoms with E-state index in [1.807, 2.05) is 0 Å². The summed E-state index contributed by atoms with van der Waals surface area (Å²) in [5, 5.41) is 11.5. The van der Waals surface area contributed by atoms with Gasteiger partial charge in [-0.3, -0.25) is 4.79 Å². The Morgan fingerprint density at radius 2 is 1.95 bits per heavy atom. The molecule has 1 rings (SSSR count). The molecule has 2 amide bonds. The quantitative estimate of drug-likeness (QED) is 0.689. The first kappa shape index (κ1) is 17.3. The first-order valence-electron chi connectivity index (χ1n) is 7.25. The molecular weight excluding hydrogens is 276 g/mol. The number of esters is 1. The molecule has 0 heterocycles. The van der Waals surface area contributed by atoms with Gasteiger partial charge in [0.05, 0.1) is 7.11 Å². The number of hydrogen-bond donors (Lipinski definition) is 2. The highest BCUT2D eigenvalue weighted by Gasteiger charge is 2.24. The molecule has 1 aliphatic carbocycles. The third kappa shape index (κ3) is 6.01. The Labute approximate surface area is 124 Å². The number of nitrogens with zero attached hydrogens (tertiary/aromatic N) is 1. The van der Waals surface area contributed by atoms with Crippen molar-refractivity contribution in [2.75, 3.05) is 20.7 Å². The summed E-state index contributed by atoms with van der Waals surface area (Å²) >= 11 is 0. The van der Waals surface area contributed by atoms with Crippen LogP contribution in [0.5, 0.6) is 0 Å². The molecule has 2 N–H and O–H groups in total. The summed E-state index contributed by atoms with van der Waals surface area (Å²) in [6.45, 7) is 0.634. The zero-order chi connectivity index (χ0) is 15.8. The highest BCUT2D eigenvalue weighted by Crippen LogP contribution is 2.25. The van der Waals surface area contributed by atoms with Crippen LogP contribution in [-0.2, 0) is 14.3 Å². The van der Waals surface area contributed by atoms with Crippen molar-refractivity contribution < 1.29 is 24.2 Å². The predicted molar refractivity (Wildman–Crippen MR) is 75.8 cm³/mol. The average Bonchev–Trinajstić information content (AvgIpc) is 2.95. The van der Waals surface area contributed by atoms with Crippen LogP contribution >= 0.6 is 0 Å². The van der Waals surface area contributed by atoms with Gasteiger partial charge in [0.2, 0.25) is 0 Å². The zero-order valence-corrected chi connectivity index (χ0v) is 12.6. The molecule has 0 aliphatic heterocycles. The van der Waals surface area contributed by atoms with Crippen molar-refractivity contribution in [2.45, 2.75) is 44.6 Å². The van der Waals surface area contributed by atoms with E-state index in [-0.39, 0.29) is 12.8 Å². The largest absolute Gasteiger partial charge is 0.480 e. The van der Waals surface area contributed by atoms with Gasteiger partial charge in [-0.15, -0.1) is 0 Å². The van der Waals surface area contributed by atoms with Crippen molar-refractivity contribution in [3.8, 4) is 0 Å². The Bertz CT molecular complexity index is 380. The molecule has 0 saturated heterocycles. The third-order valence-electron chi connectivity index (χ3n) is 3.81. The number of urea groups is 1. The number of carbonyl (C=O) groups is 3. The van der Waals surface area contributed by atoms with Gasteiger partial charge in [0.25, 0.3) is 0 Å². The van der Waals surface area contributed by atoms with E-state index in [0.717, 1.165) is 12.8 Å². The molecule has 21 heavy (non-hydrogen) atoms. The van der Waals surface area contributed by atoms with Gasteiger partial charge in [-0.25, -0.2) is 9.59 Å². The molecule has 1 saturated carbocycles. The molecule has 0 aromatic carbocycles. The van der Waals surface area contributed by atoms with E-state index in [4.69, 9.17) is 5.11 Å². The fraction of sp³-hybridized carbons (Fsp3) is 0.786. The van der Waals surface area contributed by atoms with Crippen LogP contribution in [0.25, 0.3) is 0 Å². The van der Waals surface area contributed by atoms with E-state index < -0.39 is 24.0 Å². The highest BCUT2D eigenvalue weighted by molar-refractivity contribution is 5.83. The Balaban J connectivity index is 2.43. The van der Waals surface area contributed by atoms with E-state index >= 15 is 0 Å². The van der Waals surface area contributed by atoms with E-state index in [1.54, 1.807) is 7.05 Å². The van der Waals surface area contributed by atoms with E-state index in [9.17, 15) is 14.4 Å². The summed E-state index contributed by atoms with van der Waals surface area (Å²) < 4.78 is 4.47. The standard InChI is InChI=1S/C14H24N2O5/c1-16(9-10-5-3-4-6-10)14(20)15-11(13(18)19)7-8-12(17)21-2/h10-11H,3-9H2,1-2H3,(H,15,20)(H,18,19)/t11-/m1/s1. The van der Waals surface area contributed by atoms with Crippen molar-refractivity contribution >= 4 is 18.0 Å². The molecule has 0 aromatic heterocycles. The molecule has 7 nitrogen and oxygen atoms in total. The lowest BCUT2D eigenvalue weighted by Crippen LogP contribution is -2.47. The molecule has 0 spiro atoms. The van der Waals surface area contributed by atoms with Gasteiger partial charge < -0.3 is 20.1 Å². The van der Waals surface area contributed by atoms with E-state index in [0.29, 0.717) is 12.5 Å². The highest BCUT2D eigenvalue weighted by atomic mass is 16.5. The number of rotatable bonds is 7. The molecule has 0 unspecified atom stereocenters. The van der Waals surface area contributed by atoms with Gasteiger partial charge in [-0.05, 0) is 25.2 Å². The van der Waals surface area contributed by atoms with Crippen LogP contribution in [-0.4, -0.2) is 54.7 Å². The number of carbonyl (C=O) groups excluding carboxylic acids is 2. The molecule has 120 valence electrons. The summed E-state index contributed by atoms with van der Waals surface area (Å²) in [6, 6.07) is -1.50. The van der Waals surface area contributed by atoms with Crippen molar-refractivity contribution in [1.29, 1.82) is 0 Å². The lowest BCUT2D eigenvalue weighted by atomic mass is 10.1. The van der Waals surface area contributed by atoms with Crippen LogP contribution in [0.2, 0.25) is 0 Å². The maximum atomic E-state index is 12.0. The monoisotopic (exact) mass is 300 g/mol. The molecule has 7 heteroatoms. The van der Waals surface area contributed by atoms with Gasteiger partial charge in [-0.1, -0.05) is 12.8 Å². The minimum atomic E-state index is -1.15. The topological polar surface area (TPSA) is 95.9 Å². The number of ether oxygens (including phenoxy) is 1. The van der Waals surface area contributed by atoms with Crippen LogP contribution < -0.4 is 5.32 Å². The second kappa shape index (κ2) is 8.49. The Morgan fingerprint density at radius 1 is 1.33 bits per heavy atom. The van der Waals surface area contributed by atoms with Crippen molar-refractivity contribution in [2.24, 2.45) is 5.92 Å². The minimum absolute atomic E-state index is 0.0189. The number of nitrogens with one attached hydrogen (secondary N) is 1. The normalized spacial score (nSPS) is 16.3. The van der Waals surface area contributed by atoms with Crippen molar-refractivity contribution in [3.05, 3.63) is 0 Å². The summed E-state index contributed by atoms with van der Waals surface area (Å²) in [5.74, 6) is -1.14. The molecule has 1 fully saturated rings. The minimum Gasteiger partial charge on any atom is -0.480 e. The predicted octanol–water partition coefficient (Wildman–Crippen LogP) is 1.22. The SMILES string of the molecule is COC(=O)CC[C@@H](NC(=O)N(C)CC1CCCC1)C(=O)O. The Morgan fingerprint density at radius 3 is 2.48 bits per heavy atom. The second-order valence-electron chi connectivity index (χ2n) is 5.49. The molecule has 1 atom stereocenters. The lowest BCUT2D eigenvalue weighted by Gasteiger charge is -2.23. The fourth-order valence-electron chi connectivity index (χ4n) is 2.54. The summed E-state index contributed by atoms with van der Waals surface area (Å²) in [4.78, 5) is 35.7. The molecule has 0 radical (unpaired) electrons. The maximum absolute atomic E-state index is 12.0. The van der Waals surface area contributed by atoms with Gasteiger partial charge in [0.15, 0.2) is 0 Å². The lowest BCUT2D eigenvalue weighted by molar-refractivity contribution is -0.142. The second-order valence-corrected chi connectivity index (χ2v) is 5.49. The van der Waals surface area contributed by atoms with Gasteiger partial charge in [0.1, 0.15) is 6.04 Å². The number of hydrogen-bond acceptors (Lipinski definition) is 4. The number of amides is 2. The first-order valence-corrected chi connectivity index (χ1v) is 7.25. The van der Waals surface area contributed by atoms with Crippen LogP contribution in [0.1, 0.15) is 38.5 Å². The van der Waals surface area contributed by atoms with Crippen molar-refractivity contribution in [1.82, 2.24) is 10.2 Å². The Hall–Kier alpha value is -1.79. The van der Waals surface area contributed by atoms with Gasteiger partial charge >= 0.3 is 18.0 Å². The van der Waals surface area contributed by atoms with Gasteiger partial charge in [0, 0.05) is 20.0 Å². The van der Waals surface area contributed by atoms with Crippen LogP contribution in [0.3, 0.4) is 0 Å². The number of carboxylic acid groups (broad SMARTS) is 1. The van der Waals surface area contributed by atoms with Crippen molar-refractivity contribution in [3.63, 3.8) is 0 Å². The number of carboxylic acids is 1. The molecule has 0 bridgehead atoms. The first-order chi connectivity index (χ1) is 9.93. The maximum Gasteiger partial charge on any atom is 0.326 e. The average molecular weight is 300 g/mol. The summed E-state index contributed by atoms with van der Waals surface area (Å²) in [6.07, 6.45) is 4.59. The summed E-state index contributed by atoms with van der Waals surface area (Å²) in [7, 11) is 2.90. The van der Waals surface area contributed by atoms with E-state index in [1.165, 1.54) is 24.9 Å². The zero-order valence-electron chi connectivity index (χ0n) is 12.6. The van der Waals surface area contributed by atoms with Crippen LogP contribution in [0.4, 0.5) is 4.79 Å². The number of methoxy groups -OCH3 is 1. The van der Waals surface area contributed by atoms with Crippen LogP contribution in [0.15, 0.2) is 0 Å². The fourth-order valence-corrected chi connectivity index (χ4v) is 2.54.